The van der Waals surface area contributed by atoms with Crippen LogP contribution >= 0.6 is 23.3 Å². The molecule has 0 aliphatic heterocycles. The monoisotopic (exact) mass is 421 g/mol. The number of rotatable bonds is 8. The lowest BCUT2D eigenvalue weighted by Gasteiger charge is -2.22. The minimum Gasteiger partial charge on any atom is -0.480 e. The van der Waals surface area contributed by atoms with Crippen LogP contribution in [0.3, 0.4) is 0 Å². The molecule has 24 heavy (non-hydrogen) atoms. The molecule has 1 amide bonds. The number of hydrogen-bond acceptors (Lipinski definition) is 3. The van der Waals surface area contributed by atoms with Gasteiger partial charge in [0.1, 0.15) is 6.04 Å². The smallest absolute Gasteiger partial charge is 0.325 e. The second-order valence-electron chi connectivity index (χ2n) is 5.88. The van der Waals surface area contributed by atoms with Crippen LogP contribution in [0.4, 0.5) is 0 Å². The van der Waals surface area contributed by atoms with Crippen molar-refractivity contribution < 1.29 is 29.9 Å². The van der Waals surface area contributed by atoms with Crippen molar-refractivity contribution in [1.29, 1.82) is 0 Å². The van der Waals surface area contributed by atoms with Crippen LogP contribution in [0.15, 0.2) is 28.7 Å². The van der Waals surface area contributed by atoms with Gasteiger partial charge in [-0.3, -0.25) is 14.2 Å². The molecule has 0 bridgehead atoms. The number of halogens is 1. The van der Waals surface area contributed by atoms with Crippen LogP contribution in [0.1, 0.15) is 19.4 Å². The molecule has 7 nitrogen and oxygen atoms in total. The van der Waals surface area contributed by atoms with Gasteiger partial charge < -0.3 is 21.1 Å². The van der Waals surface area contributed by atoms with Crippen molar-refractivity contribution in [2.75, 3.05) is 6.16 Å². The number of carboxylic acids is 1. The maximum Gasteiger partial charge on any atom is 0.325 e. The first-order valence-electron chi connectivity index (χ1n) is 7.45. The first-order chi connectivity index (χ1) is 11.0. The van der Waals surface area contributed by atoms with Crippen molar-refractivity contribution >= 4 is 35.2 Å². The molecule has 1 aromatic rings. The Bertz CT molecular complexity index is 635. The van der Waals surface area contributed by atoms with E-state index in [1.807, 2.05) is 12.1 Å². The average molecular weight is 422 g/mol. The van der Waals surface area contributed by atoms with Crippen molar-refractivity contribution in [1.82, 2.24) is 5.32 Å². The van der Waals surface area contributed by atoms with Gasteiger partial charge in [0, 0.05) is 10.6 Å². The van der Waals surface area contributed by atoms with Crippen LogP contribution in [-0.2, 0) is 20.6 Å². The zero-order valence-electron chi connectivity index (χ0n) is 13.6. The summed E-state index contributed by atoms with van der Waals surface area (Å²) in [5, 5.41) is 11.3. The van der Waals surface area contributed by atoms with Crippen LogP contribution < -0.4 is 11.1 Å². The lowest BCUT2D eigenvalue weighted by molar-refractivity contribution is -0.385. The third-order valence-corrected chi connectivity index (χ3v) is 6.54. The molecule has 0 spiro atoms. The van der Waals surface area contributed by atoms with E-state index in [1.54, 1.807) is 12.1 Å². The summed E-state index contributed by atoms with van der Waals surface area (Å²) in [5.74, 6) is -3.24. The number of benzene rings is 1. The molecule has 6 N–H and O–H groups in total. The van der Waals surface area contributed by atoms with E-state index in [-0.39, 0.29) is 12.6 Å². The number of quaternary nitrogens is 1. The Morgan fingerprint density at radius 3 is 2.29 bits per heavy atom. The minimum absolute atomic E-state index is 0.239. The maximum absolute atomic E-state index is 12.4. The molecule has 1 aromatic carbocycles. The predicted molar refractivity (Wildman–Crippen MR) is 93.6 cm³/mol. The molecule has 0 aliphatic carbocycles. The van der Waals surface area contributed by atoms with Crippen LogP contribution in [-0.4, -0.2) is 39.9 Å². The number of carboxylic acid groups (broad SMARTS) is 1. The zero-order chi connectivity index (χ0) is 18.5. The first kappa shape index (κ1) is 20.8. The number of aliphatic carboxylic acids is 1. The molecule has 1 unspecified atom stereocenters. The number of carbonyl (C=O) groups excluding carboxylic acids is 1. The summed E-state index contributed by atoms with van der Waals surface area (Å²) in [4.78, 5) is 33.4. The van der Waals surface area contributed by atoms with E-state index in [1.165, 1.54) is 13.8 Å². The topological polar surface area (TPSA) is 131 Å². The molecule has 134 valence electrons. The van der Waals surface area contributed by atoms with Gasteiger partial charge >= 0.3 is 5.97 Å². The fourth-order valence-corrected chi connectivity index (χ4v) is 3.58. The van der Waals surface area contributed by atoms with Crippen LogP contribution in [0, 0.1) is 5.92 Å². The fourth-order valence-electron chi connectivity index (χ4n) is 2.03. The summed E-state index contributed by atoms with van der Waals surface area (Å²) in [5.41, 5.74) is 4.40. The summed E-state index contributed by atoms with van der Waals surface area (Å²) in [6.07, 6.45) is -0.00533. The summed E-state index contributed by atoms with van der Waals surface area (Å²) < 4.78 is 13.2. The molecule has 4 atom stereocenters. The van der Waals surface area contributed by atoms with Gasteiger partial charge in [0.2, 0.25) is 5.91 Å². The summed E-state index contributed by atoms with van der Waals surface area (Å²) in [6.45, 7) is 2.87. The summed E-state index contributed by atoms with van der Waals surface area (Å²) >= 11 is 3.32. The Morgan fingerprint density at radius 1 is 1.29 bits per heavy atom. The third kappa shape index (κ3) is 6.36. The van der Waals surface area contributed by atoms with Gasteiger partial charge in [-0.25, -0.2) is 0 Å². The Labute approximate surface area is 149 Å². The maximum atomic E-state index is 12.4. The highest BCUT2D eigenvalue weighted by molar-refractivity contribution is 9.10. The molecule has 0 saturated heterocycles. The molecule has 1 rings (SSSR count). The third-order valence-electron chi connectivity index (χ3n) is 3.67. The van der Waals surface area contributed by atoms with Crippen molar-refractivity contribution in [3.8, 4) is 0 Å². The summed E-state index contributed by atoms with van der Waals surface area (Å²) in [6, 6.07) is 6.17. The van der Waals surface area contributed by atoms with E-state index in [0.29, 0.717) is 0 Å². The molecule has 0 fully saturated rings. The van der Waals surface area contributed by atoms with Gasteiger partial charge in [-0.1, -0.05) is 28.1 Å². The van der Waals surface area contributed by atoms with Crippen LogP contribution in [0.5, 0.6) is 0 Å². The average Bonchev–Trinajstić information content (AvgIpc) is 2.48. The lowest BCUT2D eigenvalue weighted by atomic mass is 10.00. The molecule has 9 heteroatoms. The Balaban J connectivity index is 2.97. The van der Waals surface area contributed by atoms with Gasteiger partial charge in [-0.05, 0) is 38.0 Å². The van der Waals surface area contributed by atoms with Gasteiger partial charge in [0.15, 0.2) is 5.78 Å². The van der Waals surface area contributed by atoms with E-state index in [0.717, 1.165) is 10.0 Å². The zero-order valence-corrected chi connectivity index (χ0v) is 16.1. The normalized spacial score (nSPS) is 17.4. The molecule has 0 saturated carbocycles. The van der Waals surface area contributed by atoms with E-state index < -0.39 is 37.0 Å². The van der Waals surface area contributed by atoms with E-state index in [9.17, 15) is 19.0 Å². The van der Waals surface area contributed by atoms with Crippen molar-refractivity contribution in [3.63, 3.8) is 0 Å². The highest BCUT2D eigenvalue weighted by atomic mass is 79.9. The van der Waals surface area contributed by atoms with Gasteiger partial charge in [-0.15, -0.1) is 0 Å². The molecular weight excluding hydrogens is 399 g/mol. The Hall–Kier alpha value is -1.21. The Kier molecular flexibility index (Phi) is 7.60. The molecule has 0 heterocycles. The molecule has 0 aromatic heterocycles. The number of amides is 1. The van der Waals surface area contributed by atoms with Crippen molar-refractivity contribution in [2.45, 2.75) is 32.1 Å². The highest BCUT2D eigenvalue weighted by Gasteiger charge is 2.34. The highest BCUT2D eigenvalue weighted by Crippen LogP contribution is 2.45. The largest absolute Gasteiger partial charge is 0.480 e. The van der Waals surface area contributed by atoms with Gasteiger partial charge in [0.05, 0.1) is 5.92 Å². The van der Waals surface area contributed by atoms with Crippen LogP contribution in [0.25, 0.3) is 0 Å². The molecule has 0 aliphatic rings. The summed E-state index contributed by atoms with van der Waals surface area (Å²) in [7, 11) is -3.62. The number of carbonyl (C=O) groups is 2. The van der Waals surface area contributed by atoms with Gasteiger partial charge in [-0.2, -0.15) is 0 Å². The first-order valence-corrected chi connectivity index (χ1v) is 10.2. The lowest BCUT2D eigenvalue weighted by Crippen LogP contribution is -2.59. The van der Waals surface area contributed by atoms with Gasteiger partial charge in [0.25, 0.3) is 7.37 Å². The van der Waals surface area contributed by atoms with Crippen molar-refractivity contribution in [3.05, 3.63) is 34.3 Å². The molecular formula is C15H23BrN2O5P+. The molecule has 0 radical (unpaired) electrons. The number of hydrogen-bond donors (Lipinski definition) is 4. The SMILES string of the molecule is C[C@H](NC(=O)[C@H](Cc1ccc(Br)cc1)CP(=O)(O)[C@@H](C)[NH3+])C(=O)O. The van der Waals surface area contributed by atoms with Crippen LogP contribution in [0.2, 0.25) is 0 Å². The quantitative estimate of drug-likeness (QED) is 0.466. The fraction of sp³-hybridized carbons (Fsp3) is 0.467. The second-order valence-corrected chi connectivity index (χ2v) is 9.56. The number of nitrogens with one attached hydrogen (secondary N) is 1. The van der Waals surface area contributed by atoms with E-state index in [4.69, 9.17) is 5.11 Å². The van der Waals surface area contributed by atoms with Crippen molar-refractivity contribution in [2.24, 2.45) is 5.92 Å². The van der Waals surface area contributed by atoms with E-state index >= 15 is 0 Å². The van der Waals surface area contributed by atoms with E-state index in [2.05, 4.69) is 27.0 Å². The predicted octanol–water partition coefficient (Wildman–Crippen LogP) is 1.06. The standard InChI is InChI=1S/C15H22BrN2O5P/c1-9(15(20)21)18-14(19)12(8-24(22,23)10(2)17)7-11-3-5-13(16)6-4-11/h3-6,9-10,12H,7-8,17H2,1-2H3,(H,18,19)(H,20,21)(H,22,23)/p+1/t9-,10-,12+/m0/s1. The minimum atomic E-state index is -3.62. The second kappa shape index (κ2) is 8.76. The Morgan fingerprint density at radius 2 is 1.83 bits per heavy atom.